The van der Waals surface area contributed by atoms with Crippen LogP contribution in [-0.4, -0.2) is 18.5 Å². The third-order valence-electron chi connectivity index (χ3n) is 2.04. The average molecular weight is 216 g/mol. The molecule has 0 fully saturated rings. The predicted octanol–water partition coefficient (Wildman–Crippen LogP) is 2.74. The van der Waals surface area contributed by atoms with Crippen LogP contribution in [-0.2, 0) is 0 Å². The van der Waals surface area contributed by atoms with Gasteiger partial charge in [-0.25, -0.2) is 0 Å². The molecular formula is C12H12N2O2. The van der Waals surface area contributed by atoms with Crippen LogP contribution in [0.3, 0.4) is 0 Å². The Morgan fingerprint density at radius 3 is 2.94 bits per heavy atom. The Kier molecular flexibility index (Phi) is 3.00. The number of aromatic nitrogens is 1. The van der Waals surface area contributed by atoms with Crippen molar-refractivity contribution in [3.63, 3.8) is 0 Å². The van der Waals surface area contributed by atoms with E-state index < -0.39 is 0 Å². The van der Waals surface area contributed by atoms with Gasteiger partial charge >= 0.3 is 0 Å². The van der Waals surface area contributed by atoms with Crippen LogP contribution in [0.2, 0.25) is 0 Å². The van der Waals surface area contributed by atoms with Gasteiger partial charge in [0.2, 0.25) is 0 Å². The minimum absolute atomic E-state index is 0.639. The summed E-state index contributed by atoms with van der Waals surface area (Å²) in [5.41, 5.74) is 1.65. The van der Waals surface area contributed by atoms with Gasteiger partial charge in [0.05, 0.1) is 24.7 Å². The van der Waals surface area contributed by atoms with Crippen molar-refractivity contribution in [3.05, 3.63) is 41.8 Å². The van der Waals surface area contributed by atoms with E-state index in [0.717, 1.165) is 17.1 Å². The molecule has 2 aromatic rings. The molecule has 0 spiro atoms. The molecule has 1 heterocycles. The van der Waals surface area contributed by atoms with E-state index in [4.69, 9.17) is 9.26 Å². The van der Waals surface area contributed by atoms with Crippen molar-refractivity contribution in [3.8, 4) is 5.75 Å². The van der Waals surface area contributed by atoms with Crippen molar-refractivity contribution in [2.45, 2.75) is 6.92 Å². The highest BCUT2D eigenvalue weighted by molar-refractivity contribution is 5.78. The molecule has 0 saturated carbocycles. The molecule has 1 aromatic carbocycles. The van der Waals surface area contributed by atoms with Gasteiger partial charge in [0.1, 0.15) is 5.75 Å². The van der Waals surface area contributed by atoms with Gasteiger partial charge in [0.15, 0.2) is 5.76 Å². The van der Waals surface area contributed by atoms with Crippen LogP contribution in [0.5, 0.6) is 5.75 Å². The SMILES string of the molecule is COc1cccc(N=Cc2cc(C)no2)c1. The van der Waals surface area contributed by atoms with Gasteiger partial charge in [0.25, 0.3) is 0 Å². The Hall–Kier alpha value is -2.10. The zero-order valence-corrected chi connectivity index (χ0v) is 9.18. The minimum atomic E-state index is 0.639. The van der Waals surface area contributed by atoms with E-state index in [0.29, 0.717) is 5.76 Å². The van der Waals surface area contributed by atoms with E-state index in [9.17, 15) is 0 Å². The molecule has 0 aliphatic heterocycles. The summed E-state index contributed by atoms with van der Waals surface area (Å²) in [5, 5.41) is 3.77. The molecule has 4 nitrogen and oxygen atoms in total. The largest absolute Gasteiger partial charge is 0.497 e. The second kappa shape index (κ2) is 4.61. The minimum Gasteiger partial charge on any atom is -0.497 e. The Morgan fingerprint density at radius 1 is 1.38 bits per heavy atom. The summed E-state index contributed by atoms with van der Waals surface area (Å²) in [6.45, 7) is 1.87. The maximum absolute atomic E-state index is 5.10. The van der Waals surface area contributed by atoms with Crippen molar-refractivity contribution in [1.82, 2.24) is 5.16 Å². The Balaban J connectivity index is 2.16. The fraction of sp³-hybridized carbons (Fsp3) is 0.167. The summed E-state index contributed by atoms with van der Waals surface area (Å²) in [7, 11) is 1.63. The van der Waals surface area contributed by atoms with Gasteiger partial charge in [-0.2, -0.15) is 0 Å². The van der Waals surface area contributed by atoms with E-state index in [1.165, 1.54) is 0 Å². The first-order valence-electron chi connectivity index (χ1n) is 4.89. The second-order valence-corrected chi connectivity index (χ2v) is 3.33. The summed E-state index contributed by atoms with van der Waals surface area (Å²) in [5.74, 6) is 1.42. The zero-order valence-electron chi connectivity index (χ0n) is 9.18. The summed E-state index contributed by atoms with van der Waals surface area (Å²) in [6.07, 6.45) is 1.63. The number of aliphatic imine (C=N–C) groups is 1. The maximum Gasteiger partial charge on any atom is 0.178 e. The second-order valence-electron chi connectivity index (χ2n) is 3.33. The number of nitrogens with zero attached hydrogens (tertiary/aromatic N) is 2. The average Bonchev–Trinajstić information content (AvgIpc) is 2.73. The highest BCUT2D eigenvalue weighted by atomic mass is 16.5. The van der Waals surface area contributed by atoms with E-state index in [1.807, 2.05) is 37.3 Å². The van der Waals surface area contributed by atoms with Gasteiger partial charge < -0.3 is 9.26 Å². The molecule has 0 saturated heterocycles. The van der Waals surface area contributed by atoms with Crippen LogP contribution >= 0.6 is 0 Å². The first kappa shape index (κ1) is 10.4. The molecule has 16 heavy (non-hydrogen) atoms. The lowest BCUT2D eigenvalue weighted by Crippen LogP contribution is -1.81. The van der Waals surface area contributed by atoms with Crippen LogP contribution in [0.25, 0.3) is 0 Å². The van der Waals surface area contributed by atoms with E-state index >= 15 is 0 Å². The number of methoxy groups -OCH3 is 1. The van der Waals surface area contributed by atoms with Crippen LogP contribution in [0, 0.1) is 6.92 Å². The van der Waals surface area contributed by atoms with E-state index in [1.54, 1.807) is 13.3 Å². The molecular weight excluding hydrogens is 204 g/mol. The summed E-state index contributed by atoms with van der Waals surface area (Å²) in [4.78, 5) is 4.26. The van der Waals surface area contributed by atoms with Gasteiger partial charge in [-0.1, -0.05) is 11.2 Å². The zero-order chi connectivity index (χ0) is 11.4. The fourth-order valence-electron chi connectivity index (χ4n) is 1.27. The molecule has 0 radical (unpaired) electrons. The highest BCUT2D eigenvalue weighted by Gasteiger charge is 1.96. The molecule has 0 atom stereocenters. The summed E-state index contributed by atoms with van der Waals surface area (Å²) < 4.78 is 10.1. The lowest BCUT2D eigenvalue weighted by molar-refractivity contribution is 0.410. The summed E-state index contributed by atoms with van der Waals surface area (Å²) in [6, 6.07) is 9.32. The van der Waals surface area contributed by atoms with Crippen LogP contribution in [0.15, 0.2) is 39.8 Å². The van der Waals surface area contributed by atoms with Crippen LogP contribution in [0.1, 0.15) is 11.5 Å². The number of hydrogen-bond acceptors (Lipinski definition) is 4. The van der Waals surface area contributed by atoms with Gasteiger partial charge in [0, 0.05) is 12.1 Å². The molecule has 82 valence electrons. The van der Waals surface area contributed by atoms with Crippen molar-refractivity contribution in [1.29, 1.82) is 0 Å². The lowest BCUT2D eigenvalue weighted by atomic mass is 10.3. The monoisotopic (exact) mass is 216 g/mol. The van der Waals surface area contributed by atoms with Crippen molar-refractivity contribution in [2.75, 3.05) is 7.11 Å². The molecule has 0 aliphatic rings. The van der Waals surface area contributed by atoms with Crippen molar-refractivity contribution >= 4 is 11.9 Å². The third-order valence-corrected chi connectivity index (χ3v) is 2.04. The van der Waals surface area contributed by atoms with Crippen LogP contribution in [0.4, 0.5) is 5.69 Å². The molecule has 0 N–H and O–H groups in total. The standard InChI is InChI=1S/C12H12N2O2/c1-9-6-12(16-14-9)8-13-10-4-3-5-11(7-10)15-2/h3-8H,1-2H3. The van der Waals surface area contributed by atoms with Crippen molar-refractivity contribution in [2.24, 2.45) is 4.99 Å². The quantitative estimate of drug-likeness (QED) is 0.741. The van der Waals surface area contributed by atoms with Gasteiger partial charge in [-0.15, -0.1) is 0 Å². The number of hydrogen-bond donors (Lipinski definition) is 0. The third kappa shape index (κ3) is 2.48. The number of ether oxygens (including phenoxy) is 1. The molecule has 0 bridgehead atoms. The molecule has 0 amide bonds. The fourth-order valence-corrected chi connectivity index (χ4v) is 1.27. The normalized spacial score (nSPS) is 10.9. The van der Waals surface area contributed by atoms with Gasteiger partial charge in [-0.05, 0) is 19.1 Å². The molecule has 0 unspecified atom stereocenters. The lowest BCUT2D eigenvalue weighted by Gasteiger charge is -1.98. The Morgan fingerprint density at radius 2 is 2.25 bits per heavy atom. The topological polar surface area (TPSA) is 47.6 Å². The molecule has 4 heteroatoms. The summed E-state index contributed by atoms with van der Waals surface area (Å²) >= 11 is 0. The highest BCUT2D eigenvalue weighted by Crippen LogP contribution is 2.19. The predicted molar refractivity (Wildman–Crippen MR) is 61.5 cm³/mol. The number of benzene rings is 1. The molecule has 0 aliphatic carbocycles. The Labute approximate surface area is 93.6 Å². The van der Waals surface area contributed by atoms with Crippen LogP contribution < -0.4 is 4.74 Å². The van der Waals surface area contributed by atoms with Gasteiger partial charge in [-0.3, -0.25) is 4.99 Å². The van der Waals surface area contributed by atoms with E-state index in [2.05, 4.69) is 10.1 Å². The molecule has 2 rings (SSSR count). The van der Waals surface area contributed by atoms with E-state index in [-0.39, 0.29) is 0 Å². The maximum atomic E-state index is 5.10. The number of rotatable bonds is 3. The Bertz CT molecular complexity index is 503. The smallest absolute Gasteiger partial charge is 0.178 e. The number of aryl methyl sites for hydroxylation is 1. The first-order valence-corrected chi connectivity index (χ1v) is 4.89. The molecule has 1 aromatic heterocycles. The van der Waals surface area contributed by atoms with Crippen molar-refractivity contribution < 1.29 is 9.26 Å². The first-order chi connectivity index (χ1) is 7.78.